The average Bonchev–Trinajstić information content (AvgIpc) is 2.90. The minimum absolute atomic E-state index is 0.520. The van der Waals surface area contributed by atoms with Crippen LogP contribution >= 0.6 is 0 Å². The third-order valence-corrected chi connectivity index (χ3v) is 3.80. The zero-order valence-electron chi connectivity index (χ0n) is 11.2. The van der Waals surface area contributed by atoms with E-state index >= 15 is 0 Å². The summed E-state index contributed by atoms with van der Waals surface area (Å²) in [4.78, 5) is 4.55. The summed E-state index contributed by atoms with van der Waals surface area (Å²) in [6.07, 6.45) is 6.58. The maximum absolute atomic E-state index is 5.85. The number of fused-ring (bicyclic) bond motifs is 1. The number of nitrogens with two attached hydrogens (primary N) is 1. The number of rotatable bonds is 3. The highest BCUT2D eigenvalue weighted by molar-refractivity contribution is 5.48. The predicted molar refractivity (Wildman–Crippen MR) is 74.6 cm³/mol. The molecule has 1 aromatic heterocycles. The Morgan fingerprint density at radius 2 is 2.16 bits per heavy atom. The van der Waals surface area contributed by atoms with Crippen LogP contribution < -0.4 is 10.5 Å². The number of hydrogen-bond donors (Lipinski definition) is 1. The number of benzene rings is 1. The Morgan fingerprint density at radius 3 is 2.95 bits per heavy atom. The Kier molecular flexibility index (Phi) is 3.25. The third-order valence-electron chi connectivity index (χ3n) is 3.80. The average molecular weight is 257 g/mol. The summed E-state index contributed by atoms with van der Waals surface area (Å²) in [5.74, 6) is 0.852. The van der Waals surface area contributed by atoms with E-state index in [9.17, 15) is 0 Å². The third kappa shape index (κ3) is 2.12. The molecule has 0 unspecified atom stereocenters. The molecule has 100 valence electrons. The predicted octanol–water partition coefficient (Wildman–Crippen LogP) is 2.22. The van der Waals surface area contributed by atoms with Crippen molar-refractivity contribution in [2.45, 2.75) is 32.2 Å². The Balaban J connectivity index is 2.12. The lowest BCUT2D eigenvalue weighted by Gasteiger charge is -2.17. The highest BCUT2D eigenvalue weighted by Gasteiger charge is 2.17. The lowest BCUT2D eigenvalue weighted by molar-refractivity contribution is 0.414. The van der Waals surface area contributed by atoms with Gasteiger partial charge in [-0.05, 0) is 37.3 Å². The normalized spacial score (nSPS) is 14.2. The minimum Gasteiger partial charge on any atom is -0.497 e. The standard InChI is InChI=1S/C15H19N3O/c1-19-12-7-6-11(9-16)15(8-12)18-10-17-13-4-2-3-5-14(13)18/h6-8,10H,2-5,9,16H2,1H3. The Labute approximate surface area is 113 Å². The second-order valence-electron chi connectivity index (χ2n) is 4.91. The van der Waals surface area contributed by atoms with Gasteiger partial charge >= 0.3 is 0 Å². The van der Waals surface area contributed by atoms with E-state index < -0.39 is 0 Å². The molecule has 1 aromatic carbocycles. The molecule has 2 aromatic rings. The van der Waals surface area contributed by atoms with Gasteiger partial charge in [-0.2, -0.15) is 0 Å². The molecular weight excluding hydrogens is 238 g/mol. The Hall–Kier alpha value is -1.81. The molecule has 0 saturated heterocycles. The molecular formula is C15H19N3O. The fourth-order valence-electron chi connectivity index (χ4n) is 2.74. The van der Waals surface area contributed by atoms with Crippen molar-refractivity contribution in [3.63, 3.8) is 0 Å². The van der Waals surface area contributed by atoms with Gasteiger partial charge in [-0.3, -0.25) is 0 Å². The maximum Gasteiger partial charge on any atom is 0.120 e. The number of hydrogen-bond acceptors (Lipinski definition) is 3. The van der Waals surface area contributed by atoms with Crippen LogP contribution in [0.15, 0.2) is 24.5 Å². The van der Waals surface area contributed by atoms with Crippen LogP contribution in [0.5, 0.6) is 5.75 Å². The second kappa shape index (κ2) is 5.05. The van der Waals surface area contributed by atoms with Crippen molar-refractivity contribution in [3.8, 4) is 11.4 Å². The first-order valence-corrected chi connectivity index (χ1v) is 6.76. The minimum atomic E-state index is 0.520. The van der Waals surface area contributed by atoms with Gasteiger partial charge in [-0.15, -0.1) is 0 Å². The largest absolute Gasteiger partial charge is 0.497 e. The van der Waals surface area contributed by atoms with Crippen molar-refractivity contribution in [1.82, 2.24) is 9.55 Å². The highest BCUT2D eigenvalue weighted by atomic mass is 16.5. The molecule has 0 fully saturated rings. The van der Waals surface area contributed by atoms with Crippen molar-refractivity contribution in [2.24, 2.45) is 5.73 Å². The van der Waals surface area contributed by atoms with Crippen LogP contribution in [0.2, 0.25) is 0 Å². The summed E-state index contributed by atoms with van der Waals surface area (Å²) < 4.78 is 7.50. The number of aromatic nitrogens is 2. The molecule has 3 rings (SSSR count). The maximum atomic E-state index is 5.85. The van der Waals surface area contributed by atoms with Gasteiger partial charge in [0.05, 0.1) is 24.8 Å². The molecule has 0 spiro atoms. The van der Waals surface area contributed by atoms with Gasteiger partial charge in [-0.1, -0.05) is 6.07 Å². The van der Waals surface area contributed by atoms with E-state index in [1.54, 1.807) is 7.11 Å². The second-order valence-corrected chi connectivity index (χ2v) is 4.91. The molecule has 0 saturated carbocycles. The van der Waals surface area contributed by atoms with E-state index in [0.29, 0.717) is 6.54 Å². The fraction of sp³-hybridized carbons (Fsp3) is 0.400. The van der Waals surface area contributed by atoms with E-state index in [0.717, 1.165) is 29.8 Å². The van der Waals surface area contributed by atoms with Crippen molar-refractivity contribution in [1.29, 1.82) is 0 Å². The first-order valence-electron chi connectivity index (χ1n) is 6.76. The molecule has 2 N–H and O–H groups in total. The number of aryl methyl sites for hydroxylation is 1. The van der Waals surface area contributed by atoms with Gasteiger partial charge in [0.1, 0.15) is 5.75 Å². The fourth-order valence-corrected chi connectivity index (χ4v) is 2.74. The van der Waals surface area contributed by atoms with E-state index in [1.807, 2.05) is 24.5 Å². The first-order chi connectivity index (χ1) is 9.33. The molecule has 0 amide bonds. The zero-order valence-corrected chi connectivity index (χ0v) is 11.2. The molecule has 1 aliphatic carbocycles. The van der Waals surface area contributed by atoms with Gasteiger partial charge in [-0.25, -0.2) is 4.98 Å². The number of imidazole rings is 1. The summed E-state index contributed by atoms with van der Waals surface area (Å²) in [7, 11) is 1.69. The summed E-state index contributed by atoms with van der Waals surface area (Å²) >= 11 is 0. The number of ether oxygens (including phenoxy) is 1. The van der Waals surface area contributed by atoms with Crippen LogP contribution in [0, 0.1) is 0 Å². The van der Waals surface area contributed by atoms with Crippen LogP contribution in [0.3, 0.4) is 0 Å². The molecule has 0 bridgehead atoms. The van der Waals surface area contributed by atoms with Crippen LogP contribution in [0.1, 0.15) is 29.8 Å². The molecule has 0 aliphatic heterocycles. The Morgan fingerprint density at radius 1 is 1.32 bits per heavy atom. The monoisotopic (exact) mass is 257 g/mol. The van der Waals surface area contributed by atoms with Crippen molar-refractivity contribution in [3.05, 3.63) is 41.5 Å². The Bertz CT molecular complexity index is 589. The molecule has 19 heavy (non-hydrogen) atoms. The van der Waals surface area contributed by atoms with Crippen LogP contribution in [0.4, 0.5) is 0 Å². The van der Waals surface area contributed by atoms with E-state index in [2.05, 4.69) is 9.55 Å². The lowest BCUT2D eigenvalue weighted by atomic mass is 10.0. The highest BCUT2D eigenvalue weighted by Crippen LogP contribution is 2.27. The van der Waals surface area contributed by atoms with Gasteiger partial charge in [0.15, 0.2) is 0 Å². The molecule has 4 nitrogen and oxygen atoms in total. The van der Waals surface area contributed by atoms with Gasteiger partial charge in [0, 0.05) is 18.3 Å². The number of nitrogens with zero attached hydrogens (tertiary/aromatic N) is 2. The quantitative estimate of drug-likeness (QED) is 0.917. The topological polar surface area (TPSA) is 53.1 Å². The van der Waals surface area contributed by atoms with Crippen LogP contribution in [-0.4, -0.2) is 16.7 Å². The van der Waals surface area contributed by atoms with Crippen molar-refractivity contribution in [2.75, 3.05) is 7.11 Å². The van der Waals surface area contributed by atoms with E-state index in [-0.39, 0.29) is 0 Å². The smallest absolute Gasteiger partial charge is 0.120 e. The van der Waals surface area contributed by atoms with Gasteiger partial charge < -0.3 is 15.0 Å². The molecule has 0 atom stereocenters. The van der Waals surface area contributed by atoms with Crippen LogP contribution in [-0.2, 0) is 19.4 Å². The number of methoxy groups -OCH3 is 1. The summed E-state index contributed by atoms with van der Waals surface area (Å²) in [5, 5.41) is 0. The summed E-state index contributed by atoms with van der Waals surface area (Å²) in [6, 6.07) is 6.03. The molecule has 1 aliphatic rings. The summed E-state index contributed by atoms with van der Waals surface area (Å²) in [5.41, 5.74) is 10.6. The summed E-state index contributed by atoms with van der Waals surface area (Å²) in [6.45, 7) is 0.520. The van der Waals surface area contributed by atoms with Gasteiger partial charge in [0.2, 0.25) is 0 Å². The first kappa shape index (κ1) is 12.2. The molecule has 0 radical (unpaired) electrons. The molecule has 4 heteroatoms. The molecule has 1 heterocycles. The van der Waals surface area contributed by atoms with E-state index in [1.165, 1.54) is 24.2 Å². The van der Waals surface area contributed by atoms with Crippen molar-refractivity contribution < 1.29 is 4.74 Å². The van der Waals surface area contributed by atoms with Crippen LogP contribution in [0.25, 0.3) is 5.69 Å². The zero-order chi connectivity index (χ0) is 13.2. The lowest BCUT2D eigenvalue weighted by Crippen LogP contribution is -2.10. The van der Waals surface area contributed by atoms with Gasteiger partial charge in [0.25, 0.3) is 0 Å². The van der Waals surface area contributed by atoms with Crippen molar-refractivity contribution >= 4 is 0 Å². The van der Waals surface area contributed by atoms with E-state index in [4.69, 9.17) is 10.5 Å². The SMILES string of the molecule is COc1ccc(CN)c(-n2cnc3c2CCCC3)c1.